The summed E-state index contributed by atoms with van der Waals surface area (Å²) >= 11 is 1.30. The molecule has 1 N–H and O–H groups in total. The van der Waals surface area contributed by atoms with Crippen molar-refractivity contribution in [3.63, 3.8) is 0 Å². The van der Waals surface area contributed by atoms with Gasteiger partial charge in [0.25, 0.3) is 5.91 Å². The van der Waals surface area contributed by atoms with Crippen LogP contribution in [-0.4, -0.2) is 25.6 Å². The zero-order valence-corrected chi connectivity index (χ0v) is 16.5. The van der Waals surface area contributed by atoms with Crippen molar-refractivity contribution < 1.29 is 19.1 Å². The van der Waals surface area contributed by atoms with Crippen molar-refractivity contribution in [3.8, 4) is 16.9 Å². The summed E-state index contributed by atoms with van der Waals surface area (Å²) in [5, 5.41) is 4.58. The van der Waals surface area contributed by atoms with E-state index >= 15 is 0 Å². The van der Waals surface area contributed by atoms with E-state index in [1.54, 1.807) is 7.11 Å². The highest BCUT2D eigenvalue weighted by atomic mass is 32.1. The molecule has 3 aromatic rings. The van der Waals surface area contributed by atoms with Crippen LogP contribution in [0, 0.1) is 6.92 Å². The molecule has 0 saturated heterocycles. The number of hydrogen-bond acceptors (Lipinski definition) is 5. The van der Waals surface area contributed by atoms with Crippen LogP contribution < -0.4 is 10.1 Å². The van der Waals surface area contributed by atoms with Gasteiger partial charge in [-0.15, -0.1) is 11.3 Å². The highest BCUT2D eigenvalue weighted by Crippen LogP contribution is 2.29. The summed E-state index contributed by atoms with van der Waals surface area (Å²) in [7, 11) is 1.60. The Balaban J connectivity index is 1.53. The van der Waals surface area contributed by atoms with Crippen molar-refractivity contribution in [2.75, 3.05) is 13.7 Å². The van der Waals surface area contributed by atoms with Gasteiger partial charge in [-0.2, -0.15) is 0 Å². The number of hydrogen-bond donors (Lipinski definition) is 1. The zero-order valence-electron chi connectivity index (χ0n) is 15.7. The van der Waals surface area contributed by atoms with Crippen molar-refractivity contribution in [2.45, 2.75) is 13.5 Å². The molecule has 1 heterocycles. The first-order valence-electron chi connectivity index (χ1n) is 8.78. The van der Waals surface area contributed by atoms with Crippen LogP contribution in [0.3, 0.4) is 0 Å². The lowest BCUT2D eigenvalue weighted by Crippen LogP contribution is -2.28. The molecule has 0 spiro atoms. The van der Waals surface area contributed by atoms with E-state index in [1.807, 2.05) is 66.9 Å². The molecule has 0 aliphatic rings. The van der Waals surface area contributed by atoms with E-state index in [0.29, 0.717) is 11.4 Å². The maximum atomic E-state index is 12.4. The maximum Gasteiger partial charge on any atom is 0.349 e. The van der Waals surface area contributed by atoms with Gasteiger partial charge in [-0.05, 0) is 41.6 Å². The fourth-order valence-corrected chi connectivity index (χ4v) is 3.43. The molecule has 5 nitrogen and oxygen atoms in total. The van der Waals surface area contributed by atoms with Gasteiger partial charge in [-0.3, -0.25) is 4.79 Å². The first-order valence-corrected chi connectivity index (χ1v) is 9.66. The van der Waals surface area contributed by atoms with E-state index in [1.165, 1.54) is 11.3 Å². The van der Waals surface area contributed by atoms with Crippen molar-refractivity contribution in [3.05, 3.63) is 76.0 Å². The Morgan fingerprint density at radius 1 is 1.00 bits per heavy atom. The standard InChI is InChI=1S/C22H21NO4S/c1-15-3-7-17(8-4-15)19-11-12-28-21(19)22(25)27-14-20(24)23-13-16-5-9-18(26-2)10-6-16/h3-12H,13-14H2,1-2H3,(H,23,24). The van der Waals surface area contributed by atoms with E-state index in [9.17, 15) is 9.59 Å². The zero-order chi connectivity index (χ0) is 19.9. The molecule has 1 aromatic heterocycles. The molecule has 0 radical (unpaired) electrons. The lowest BCUT2D eigenvalue weighted by molar-refractivity contribution is -0.124. The van der Waals surface area contributed by atoms with Gasteiger partial charge in [0.15, 0.2) is 6.61 Å². The average Bonchev–Trinajstić information content (AvgIpc) is 3.21. The number of methoxy groups -OCH3 is 1. The first-order chi connectivity index (χ1) is 13.6. The van der Waals surface area contributed by atoms with Crippen LogP contribution in [0.2, 0.25) is 0 Å². The third-order valence-corrected chi connectivity index (χ3v) is 5.09. The van der Waals surface area contributed by atoms with E-state index in [0.717, 1.165) is 28.0 Å². The summed E-state index contributed by atoms with van der Waals surface area (Å²) in [6.45, 7) is 2.05. The number of aryl methyl sites for hydroxylation is 1. The SMILES string of the molecule is COc1ccc(CNC(=O)COC(=O)c2sccc2-c2ccc(C)cc2)cc1. The second-order valence-electron chi connectivity index (χ2n) is 6.23. The Labute approximate surface area is 167 Å². The normalized spacial score (nSPS) is 10.4. The van der Waals surface area contributed by atoms with E-state index < -0.39 is 5.97 Å². The predicted molar refractivity (Wildman–Crippen MR) is 110 cm³/mol. The Kier molecular flexibility index (Phi) is 6.45. The van der Waals surface area contributed by atoms with Gasteiger partial charge in [-0.25, -0.2) is 4.79 Å². The molecule has 2 aromatic carbocycles. The minimum absolute atomic E-state index is 0.319. The molecule has 3 rings (SSSR count). The number of benzene rings is 2. The number of carbonyl (C=O) groups is 2. The van der Waals surface area contributed by atoms with Crippen LogP contribution in [0.15, 0.2) is 60.0 Å². The topological polar surface area (TPSA) is 64.6 Å². The van der Waals surface area contributed by atoms with Crippen molar-refractivity contribution in [1.29, 1.82) is 0 Å². The monoisotopic (exact) mass is 395 g/mol. The summed E-state index contributed by atoms with van der Waals surface area (Å²) in [6, 6.07) is 17.2. The van der Waals surface area contributed by atoms with Gasteiger partial charge < -0.3 is 14.8 Å². The van der Waals surface area contributed by atoms with Gasteiger partial charge in [0.2, 0.25) is 0 Å². The van der Waals surface area contributed by atoms with Crippen molar-refractivity contribution >= 4 is 23.2 Å². The fraction of sp³-hybridized carbons (Fsp3) is 0.182. The van der Waals surface area contributed by atoms with Crippen LogP contribution in [0.1, 0.15) is 20.8 Å². The first kappa shape index (κ1) is 19.6. The number of ether oxygens (including phenoxy) is 2. The largest absolute Gasteiger partial charge is 0.497 e. The summed E-state index contributed by atoms with van der Waals surface area (Å²) in [6.07, 6.45) is 0. The molecule has 0 aliphatic carbocycles. The minimum atomic E-state index is -0.495. The van der Waals surface area contributed by atoms with Crippen molar-refractivity contribution in [1.82, 2.24) is 5.32 Å². The van der Waals surface area contributed by atoms with Gasteiger partial charge in [-0.1, -0.05) is 42.0 Å². The molecule has 0 unspecified atom stereocenters. The molecule has 0 aliphatic heterocycles. The molecule has 0 fully saturated rings. The summed E-state index contributed by atoms with van der Waals surface area (Å²) in [5.41, 5.74) is 3.84. The Hall–Kier alpha value is -3.12. The highest BCUT2D eigenvalue weighted by Gasteiger charge is 2.17. The average molecular weight is 395 g/mol. The Morgan fingerprint density at radius 3 is 2.39 bits per heavy atom. The van der Waals surface area contributed by atoms with Gasteiger partial charge in [0.1, 0.15) is 10.6 Å². The van der Waals surface area contributed by atoms with Crippen LogP contribution >= 0.6 is 11.3 Å². The quantitative estimate of drug-likeness (QED) is 0.609. The third kappa shape index (κ3) is 4.98. The van der Waals surface area contributed by atoms with Gasteiger partial charge >= 0.3 is 5.97 Å². The van der Waals surface area contributed by atoms with Crippen LogP contribution in [0.4, 0.5) is 0 Å². The minimum Gasteiger partial charge on any atom is -0.497 e. The second kappa shape index (κ2) is 9.19. The van der Waals surface area contributed by atoms with E-state index in [2.05, 4.69) is 5.32 Å². The molecule has 144 valence electrons. The molecule has 0 saturated carbocycles. The van der Waals surface area contributed by atoms with Gasteiger partial charge in [0.05, 0.1) is 7.11 Å². The van der Waals surface area contributed by atoms with Crippen molar-refractivity contribution in [2.24, 2.45) is 0 Å². The maximum absolute atomic E-state index is 12.4. The number of thiophene rings is 1. The lowest BCUT2D eigenvalue weighted by Gasteiger charge is -2.08. The molecule has 28 heavy (non-hydrogen) atoms. The smallest absolute Gasteiger partial charge is 0.349 e. The number of carbonyl (C=O) groups excluding carboxylic acids is 2. The molecule has 6 heteroatoms. The Bertz CT molecular complexity index is 945. The molecule has 1 amide bonds. The fourth-order valence-electron chi connectivity index (χ4n) is 2.62. The van der Waals surface area contributed by atoms with Crippen LogP contribution in [0.5, 0.6) is 5.75 Å². The predicted octanol–water partition coefficient (Wildman–Crippen LogP) is 4.21. The van der Waals surface area contributed by atoms with Gasteiger partial charge in [0, 0.05) is 12.1 Å². The third-order valence-electron chi connectivity index (χ3n) is 4.20. The van der Waals surface area contributed by atoms with Crippen LogP contribution in [-0.2, 0) is 16.1 Å². The lowest BCUT2D eigenvalue weighted by atomic mass is 10.1. The molecular weight excluding hydrogens is 374 g/mol. The summed E-state index contributed by atoms with van der Waals surface area (Å²) < 4.78 is 10.3. The second-order valence-corrected chi connectivity index (χ2v) is 7.15. The number of rotatable bonds is 7. The highest BCUT2D eigenvalue weighted by molar-refractivity contribution is 7.12. The summed E-state index contributed by atoms with van der Waals surface area (Å²) in [5.74, 6) is -0.0906. The van der Waals surface area contributed by atoms with E-state index in [4.69, 9.17) is 9.47 Å². The number of amides is 1. The van der Waals surface area contributed by atoms with Crippen LogP contribution in [0.25, 0.3) is 11.1 Å². The number of nitrogens with one attached hydrogen (secondary N) is 1. The molecule has 0 atom stereocenters. The van der Waals surface area contributed by atoms with E-state index in [-0.39, 0.29) is 12.5 Å². The molecule has 0 bridgehead atoms. The number of esters is 1. The molecular formula is C22H21NO4S. The summed E-state index contributed by atoms with van der Waals surface area (Å²) in [4.78, 5) is 24.9. The Morgan fingerprint density at radius 2 is 1.71 bits per heavy atom.